The second kappa shape index (κ2) is 5.86. The van der Waals surface area contributed by atoms with E-state index in [1.807, 2.05) is 6.07 Å². The Kier molecular flexibility index (Phi) is 4.42. The van der Waals surface area contributed by atoms with Gasteiger partial charge in [-0.3, -0.25) is 0 Å². The number of para-hydroxylation sites is 1. The maximum absolute atomic E-state index is 9.78. The Bertz CT molecular complexity index is 372. The Morgan fingerprint density at radius 2 is 1.72 bits per heavy atom. The number of halogens is 1. The molecule has 0 spiro atoms. The maximum atomic E-state index is 9.78. The van der Waals surface area contributed by atoms with Crippen LogP contribution in [0.4, 0.5) is 0 Å². The zero-order valence-electron chi connectivity index (χ0n) is 9.52. The van der Waals surface area contributed by atoms with Crippen molar-refractivity contribution in [2.24, 2.45) is 0 Å². The van der Waals surface area contributed by atoms with E-state index in [2.05, 4.69) is 0 Å². The molecule has 1 fully saturated rings. The largest absolute Gasteiger partial charge is 0.462 e. The molecule has 0 saturated carbocycles. The first-order chi connectivity index (χ1) is 8.63. The standard InChI is InChI=1S/C12H15ClO5/c13-6-8-9(14)10(15)11(16)12(18-8)17-7-4-2-1-3-5-7/h1-5,8-12,14-16H,6H2. The molecule has 0 bridgehead atoms. The molecule has 0 aliphatic carbocycles. The smallest absolute Gasteiger partial charge is 0.229 e. The van der Waals surface area contributed by atoms with Gasteiger partial charge in [0.05, 0.1) is 5.88 Å². The van der Waals surface area contributed by atoms with Gasteiger partial charge in [0.1, 0.15) is 30.2 Å². The molecular formula is C12H15ClO5. The van der Waals surface area contributed by atoms with E-state index in [0.29, 0.717) is 5.75 Å². The number of rotatable bonds is 3. The van der Waals surface area contributed by atoms with Gasteiger partial charge in [0, 0.05) is 0 Å². The van der Waals surface area contributed by atoms with Crippen LogP contribution in [0.1, 0.15) is 0 Å². The molecule has 1 aliphatic rings. The van der Waals surface area contributed by atoms with Crippen LogP contribution in [0.3, 0.4) is 0 Å². The number of benzene rings is 1. The number of alkyl halides is 1. The molecule has 5 unspecified atom stereocenters. The van der Waals surface area contributed by atoms with Crippen LogP contribution in [0.5, 0.6) is 5.75 Å². The van der Waals surface area contributed by atoms with Crippen LogP contribution in [-0.4, -0.2) is 51.9 Å². The second-order valence-corrected chi connectivity index (χ2v) is 4.41. The van der Waals surface area contributed by atoms with Crippen LogP contribution in [0, 0.1) is 0 Å². The van der Waals surface area contributed by atoms with Crippen molar-refractivity contribution in [2.75, 3.05) is 5.88 Å². The summed E-state index contributed by atoms with van der Waals surface area (Å²) in [6.07, 6.45) is -5.75. The molecule has 3 N–H and O–H groups in total. The molecule has 1 saturated heterocycles. The number of hydrogen-bond donors (Lipinski definition) is 3. The SMILES string of the molecule is OC1C(CCl)OC(Oc2ccccc2)C(O)C1O. The summed E-state index contributed by atoms with van der Waals surface area (Å²) in [6, 6.07) is 8.77. The van der Waals surface area contributed by atoms with Crippen molar-refractivity contribution in [3.63, 3.8) is 0 Å². The lowest BCUT2D eigenvalue weighted by molar-refractivity contribution is -0.267. The second-order valence-electron chi connectivity index (χ2n) is 4.10. The highest BCUT2D eigenvalue weighted by Gasteiger charge is 2.44. The van der Waals surface area contributed by atoms with Gasteiger partial charge in [0.15, 0.2) is 0 Å². The number of ether oxygens (including phenoxy) is 2. The Morgan fingerprint density at radius 3 is 2.33 bits per heavy atom. The molecule has 0 amide bonds. The first kappa shape index (κ1) is 13.6. The topological polar surface area (TPSA) is 79.2 Å². The molecule has 100 valence electrons. The lowest BCUT2D eigenvalue weighted by Gasteiger charge is -2.39. The van der Waals surface area contributed by atoms with Crippen LogP contribution in [0.2, 0.25) is 0 Å². The van der Waals surface area contributed by atoms with Crippen LogP contribution in [0.15, 0.2) is 30.3 Å². The van der Waals surface area contributed by atoms with Crippen LogP contribution in [-0.2, 0) is 4.74 Å². The average molecular weight is 275 g/mol. The van der Waals surface area contributed by atoms with Gasteiger partial charge in [0.25, 0.3) is 0 Å². The summed E-state index contributed by atoms with van der Waals surface area (Å²) < 4.78 is 10.7. The van der Waals surface area contributed by atoms with E-state index in [9.17, 15) is 15.3 Å². The lowest BCUT2D eigenvalue weighted by Crippen LogP contribution is -2.59. The van der Waals surface area contributed by atoms with Gasteiger partial charge < -0.3 is 24.8 Å². The third-order valence-corrected chi connectivity index (χ3v) is 3.12. The summed E-state index contributed by atoms with van der Waals surface area (Å²) in [4.78, 5) is 0. The first-order valence-electron chi connectivity index (χ1n) is 5.61. The van der Waals surface area contributed by atoms with Gasteiger partial charge in [0.2, 0.25) is 6.29 Å². The molecule has 2 rings (SSSR count). The van der Waals surface area contributed by atoms with Crippen molar-refractivity contribution in [1.82, 2.24) is 0 Å². The minimum atomic E-state index is -1.35. The van der Waals surface area contributed by atoms with Gasteiger partial charge in [-0.1, -0.05) is 18.2 Å². The molecule has 1 aliphatic heterocycles. The van der Waals surface area contributed by atoms with E-state index in [4.69, 9.17) is 21.1 Å². The summed E-state index contributed by atoms with van der Waals surface area (Å²) in [6.45, 7) is 0. The summed E-state index contributed by atoms with van der Waals surface area (Å²) in [5, 5.41) is 29.1. The predicted molar refractivity (Wildman–Crippen MR) is 64.5 cm³/mol. The van der Waals surface area contributed by atoms with Crippen molar-refractivity contribution in [2.45, 2.75) is 30.7 Å². The fourth-order valence-corrected chi connectivity index (χ4v) is 2.03. The maximum Gasteiger partial charge on any atom is 0.229 e. The van der Waals surface area contributed by atoms with E-state index in [1.165, 1.54) is 0 Å². The molecule has 0 aromatic heterocycles. The molecular weight excluding hydrogens is 260 g/mol. The van der Waals surface area contributed by atoms with E-state index >= 15 is 0 Å². The molecule has 1 heterocycles. The molecule has 0 radical (unpaired) electrons. The summed E-state index contributed by atoms with van der Waals surface area (Å²) >= 11 is 5.62. The van der Waals surface area contributed by atoms with Crippen molar-refractivity contribution in [1.29, 1.82) is 0 Å². The number of hydrogen-bond acceptors (Lipinski definition) is 5. The third kappa shape index (κ3) is 2.76. The van der Waals surface area contributed by atoms with E-state index in [-0.39, 0.29) is 5.88 Å². The molecule has 1 aromatic carbocycles. The van der Waals surface area contributed by atoms with Gasteiger partial charge in [-0.05, 0) is 12.1 Å². The fraction of sp³-hybridized carbons (Fsp3) is 0.500. The third-order valence-electron chi connectivity index (χ3n) is 2.82. The highest BCUT2D eigenvalue weighted by molar-refractivity contribution is 6.18. The minimum Gasteiger partial charge on any atom is -0.462 e. The molecule has 18 heavy (non-hydrogen) atoms. The zero-order chi connectivity index (χ0) is 13.1. The quantitative estimate of drug-likeness (QED) is 0.682. The highest BCUT2D eigenvalue weighted by Crippen LogP contribution is 2.24. The summed E-state index contributed by atoms with van der Waals surface area (Å²) in [7, 11) is 0. The van der Waals surface area contributed by atoms with Gasteiger partial charge >= 0.3 is 0 Å². The van der Waals surface area contributed by atoms with E-state index < -0.39 is 30.7 Å². The Hall–Kier alpha value is -0.850. The van der Waals surface area contributed by atoms with Gasteiger partial charge in [-0.25, -0.2) is 0 Å². The Morgan fingerprint density at radius 1 is 1.06 bits per heavy atom. The highest BCUT2D eigenvalue weighted by atomic mass is 35.5. The van der Waals surface area contributed by atoms with Crippen molar-refractivity contribution in [3.05, 3.63) is 30.3 Å². The van der Waals surface area contributed by atoms with Crippen LogP contribution >= 0.6 is 11.6 Å². The number of aliphatic hydroxyl groups is 3. The van der Waals surface area contributed by atoms with Crippen molar-refractivity contribution in [3.8, 4) is 5.75 Å². The monoisotopic (exact) mass is 274 g/mol. The minimum absolute atomic E-state index is 0.000400. The van der Waals surface area contributed by atoms with Gasteiger partial charge in [-0.2, -0.15) is 0 Å². The fourth-order valence-electron chi connectivity index (χ4n) is 1.77. The Balaban J connectivity index is 2.08. The summed E-state index contributed by atoms with van der Waals surface area (Å²) in [5.41, 5.74) is 0. The average Bonchev–Trinajstić information content (AvgIpc) is 2.40. The zero-order valence-corrected chi connectivity index (χ0v) is 10.3. The normalized spacial score (nSPS) is 36.3. The first-order valence-corrected chi connectivity index (χ1v) is 6.14. The predicted octanol–water partition coefficient (Wildman–Crippen LogP) is 0.112. The van der Waals surface area contributed by atoms with E-state index in [0.717, 1.165) is 0 Å². The van der Waals surface area contributed by atoms with E-state index in [1.54, 1.807) is 24.3 Å². The Labute approximate surface area is 110 Å². The molecule has 5 nitrogen and oxygen atoms in total. The van der Waals surface area contributed by atoms with Crippen molar-refractivity contribution >= 4 is 11.6 Å². The van der Waals surface area contributed by atoms with Gasteiger partial charge in [-0.15, -0.1) is 11.6 Å². The molecule has 5 atom stereocenters. The summed E-state index contributed by atoms with van der Waals surface area (Å²) in [5.74, 6) is 0.498. The van der Waals surface area contributed by atoms with Crippen molar-refractivity contribution < 1.29 is 24.8 Å². The molecule has 1 aromatic rings. The lowest BCUT2D eigenvalue weighted by atomic mass is 10.00. The van der Waals surface area contributed by atoms with Crippen LogP contribution < -0.4 is 4.74 Å². The number of aliphatic hydroxyl groups excluding tert-OH is 3. The van der Waals surface area contributed by atoms with Crippen LogP contribution in [0.25, 0.3) is 0 Å². The molecule has 6 heteroatoms.